The van der Waals surface area contributed by atoms with Crippen LogP contribution < -0.4 is 4.74 Å². The van der Waals surface area contributed by atoms with Crippen LogP contribution in [0.2, 0.25) is 0 Å². The van der Waals surface area contributed by atoms with Gasteiger partial charge in [0, 0.05) is 6.42 Å². The summed E-state index contributed by atoms with van der Waals surface area (Å²) < 4.78 is 5.21. The van der Waals surface area contributed by atoms with Gasteiger partial charge in [0.25, 0.3) is 0 Å². The van der Waals surface area contributed by atoms with Crippen molar-refractivity contribution in [2.24, 2.45) is 0 Å². The van der Waals surface area contributed by atoms with E-state index in [1.54, 1.807) is 7.11 Å². The van der Waals surface area contributed by atoms with E-state index in [-0.39, 0.29) is 0 Å². The van der Waals surface area contributed by atoms with E-state index in [9.17, 15) is 5.11 Å². The molecular formula is C19H24O2. The number of aliphatic hydroxyl groups is 1. The normalized spacial score (nSPS) is 12.1. The topological polar surface area (TPSA) is 29.5 Å². The first kappa shape index (κ1) is 15.6. The number of aliphatic hydroxyl groups excluding tert-OH is 1. The summed E-state index contributed by atoms with van der Waals surface area (Å²) >= 11 is 0. The zero-order valence-electron chi connectivity index (χ0n) is 12.9. The number of benzene rings is 2. The number of rotatable bonds is 7. The first-order chi connectivity index (χ1) is 10.2. The molecule has 0 aliphatic rings. The van der Waals surface area contributed by atoms with Crippen LogP contribution in [-0.4, -0.2) is 12.2 Å². The highest BCUT2D eigenvalue weighted by Gasteiger charge is 2.09. The summed E-state index contributed by atoms with van der Waals surface area (Å²) in [5, 5.41) is 10.4. The summed E-state index contributed by atoms with van der Waals surface area (Å²) in [5.41, 5.74) is 3.39. The maximum atomic E-state index is 10.4. The maximum absolute atomic E-state index is 10.4. The molecule has 1 N–H and O–H groups in total. The van der Waals surface area contributed by atoms with Crippen LogP contribution in [0.5, 0.6) is 5.75 Å². The number of ether oxygens (including phenoxy) is 1. The predicted molar refractivity (Wildman–Crippen MR) is 86.7 cm³/mol. The van der Waals surface area contributed by atoms with E-state index < -0.39 is 6.10 Å². The van der Waals surface area contributed by atoms with Crippen molar-refractivity contribution < 1.29 is 9.84 Å². The number of methoxy groups -OCH3 is 1. The fourth-order valence-electron chi connectivity index (χ4n) is 2.43. The first-order valence-electron chi connectivity index (χ1n) is 7.62. The third-order valence-electron chi connectivity index (χ3n) is 3.75. The van der Waals surface area contributed by atoms with Crippen molar-refractivity contribution in [2.45, 2.75) is 38.7 Å². The van der Waals surface area contributed by atoms with Gasteiger partial charge in [-0.1, -0.05) is 49.7 Å². The van der Waals surface area contributed by atoms with Gasteiger partial charge in [-0.25, -0.2) is 0 Å². The molecule has 1 atom stereocenters. The van der Waals surface area contributed by atoms with Gasteiger partial charge in [-0.15, -0.1) is 0 Å². The molecule has 0 amide bonds. The SMILES string of the molecule is CCCCc1ccc(C(O)Cc2cccc(OC)c2)cc1. The molecule has 2 heteroatoms. The Bertz CT molecular complexity index is 546. The predicted octanol–water partition coefficient (Wildman–Crippen LogP) is 4.31. The molecule has 0 fully saturated rings. The molecule has 2 aromatic rings. The maximum Gasteiger partial charge on any atom is 0.119 e. The largest absolute Gasteiger partial charge is 0.497 e. The number of hydrogen-bond donors (Lipinski definition) is 1. The molecule has 21 heavy (non-hydrogen) atoms. The average molecular weight is 284 g/mol. The second-order valence-corrected chi connectivity index (χ2v) is 5.42. The summed E-state index contributed by atoms with van der Waals surface area (Å²) in [7, 11) is 1.66. The van der Waals surface area contributed by atoms with Gasteiger partial charge in [0.1, 0.15) is 5.75 Å². The molecule has 0 aliphatic heterocycles. The van der Waals surface area contributed by atoms with Gasteiger partial charge in [-0.05, 0) is 41.7 Å². The lowest BCUT2D eigenvalue weighted by Gasteiger charge is -2.12. The summed E-state index contributed by atoms with van der Waals surface area (Å²) in [4.78, 5) is 0. The van der Waals surface area contributed by atoms with E-state index in [0.717, 1.165) is 23.3 Å². The van der Waals surface area contributed by atoms with Crippen molar-refractivity contribution in [1.29, 1.82) is 0 Å². The van der Waals surface area contributed by atoms with E-state index >= 15 is 0 Å². The molecule has 0 saturated heterocycles. The number of unbranched alkanes of at least 4 members (excludes halogenated alkanes) is 1. The molecule has 0 aliphatic carbocycles. The molecule has 2 nitrogen and oxygen atoms in total. The van der Waals surface area contributed by atoms with E-state index in [4.69, 9.17) is 4.74 Å². The zero-order valence-corrected chi connectivity index (χ0v) is 12.9. The molecule has 2 rings (SSSR count). The Morgan fingerprint density at radius 3 is 2.48 bits per heavy atom. The second-order valence-electron chi connectivity index (χ2n) is 5.42. The lowest BCUT2D eigenvalue weighted by molar-refractivity contribution is 0.178. The molecule has 2 aromatic carbocycles. The van der Waals surface area contributed by atoms with Crippen LogP contribution in [0.4, 0.5) is 0 Å². The fraction of sp³-hybridized carbons (Fsp3) is 0.368. The monoisotopic (exact) mass is 284 g/mol. The Morgan fingerprint density at radius 1 is 1.05 bits per heavy atom. The van der Waals surface area contributed by atoms with Crippen LogP contribution in [0.25, 0.3) is 0 Å². The molecule has 1 unspecified atom stereocenters. The molecule has 0 spiro atoms. The Morgan fingerprint density at radius 2 is 1.81 bits per heavy atom. The smallest absolute Gasteiger partial charge is 0.119 e. The molecule has 112 valence electrons. The van der Waals surface area contributed by atoms with Crippen LogP contribution in [0.15, 0.2) is 48.5 Å². The van der Waals surface area contributed by atoms with Crippen LogP contribution in [0.1, 0.15) is 42.6 Å². The number of hydrogen-bond acceptors (Lipinski definition) is 2. The van der Waals surface area contributed by atoms with E-state index in [2.05, 4.69) is 19.1 Å². The second kappa shape index (κ2) is 7.84. The van der Waals surface area contributed by atoms with Crippen molar-refractivity contribution in [2.75, 3.05) is 7.11 Å². The van der Waals surface area contributed by atoms with E-state index in [1.165, 1.54) is 18.4 Å². The third kappa shape index (κ3) is 4.61. The lowest BCUT2D eigenvalue weighted by atomic mass is 9.99. The van der Waals surface area contributed by atoms with Gasteiger partial charge in [0.05, 0.1) is 13.2 Å². The molecule has 0 radical (unpaired) electrons. The lowest BCUT2D eigenvalue weighted by Crippen LogP contribution is -2.02. The van der Waals surface area contributed by atoms with Crippen molar-refractivity contribution in [3.8, 4) is 5.75 Å². The third-order valence-corrected chi connectivity index (χ3v) is 3.75. The highest BCUT2D eigenvalue weighted by Crippen LogP contribution is 2.21. The molecule has 0 saturated carbocycles. The Labute approximate surface area is 127 Å². The minimum Gasteiger partial charge on any atom is -0.497 e. The standard InChI is InChI=1S/C19H24O2/c1-3-4-6-15-9-11-17(12-10-15)19(20)14-16-7-5-8-18(13-16)21-2/h5,7-13,19-20H,3-4,6,14H2,1-2H3. The molecule has 0 bridgehead atoms. The Balaban J connectivity index is 2.00. The number of aryl methyl sites for hydroxylation is 1. The molecule has 0 heterocycles. The van der Waals surface area contributed by atoms with Crippen LogP contribution in [0.3, 0.4) is 0 Å². The van der Waals surface area contributed by atoms with Crippen molar-refractivity contribution in [3.63, 3.8) is 0 Å². The molecular weight excluding hydrogens is 260 g/mol. The van der Waals surface area contributed by atoms with Gasteiger partial charge in [0.15, 0.2) is 0 Å². The van der Waals surface area contributed by atoms with Gasteiger partial charge in [-0.2, -0.15) is 0 Å². The van der Waals surface area contributed by atoms with Crippen molar-refractivity contribution >= 4 is 0 Å². The fourth-order valence-corrected chi connectivity index (χ4v) is 2.43. The highest BCUT2D eigenvalue weighted by molar-refractivity contribution is 5.31. The van der Waals surface area contributed by atoms with Crippen molar-refractivity contribution in [1.82, 2.24) is 0 Å². The minimum absolute atomic E-state index is 0.475. The average Bonchev–Trinajstić information content (AvgIpc) is 2.53. The summed E-state index contributed by atoms with van der Waals surface area (Å²) in [5.74, 6) is 0.828. The quantitative estimate of drug-likeness (QED) is 0.820. The summed E-state index contributed by atoms with van der Waals surface area (Å²) in [6.45, 7) is 2.20. The van der Waals surface area contributed by atoms with Crippen LogP contribution in [0, 0.1) is 0 Å². The summed E-state index contributed by atoms with van der Waals surface area (Å²) in [6.07, 6.45) is 3.66. The van der Waals surface area contributed by atoms with E-state index in [1.807, 2.05) is 36.4 Å². The van der Waals surface area contributed by atoms with Crippen molar-refractivity contribution in [3.05, 3.63) is 65.2 Å². The van der Waals surface area contributed by atoms with Crippen LogP contribution >= 0.6 is 0 Å². The van der Waals surface area contributed by atoms with Gasteiger partial charge in [0.2, 0.25) is 0 Å². The Hall–Kier alpha value is -1.80. The first-order valence-corrected chi connectivity index (χ1v) is 7.62. The molecule has 0 aromatic heterocycles. The Kier molecular flexibility index (Phi) is 5.82. The van der Waals surface area contributed by atoms with Gasteiger partial charge >= 0.3 is 0 Å². The minimum atomic E-state index is -0.475. The van der Waals surface area contributed by atoms with Crippen LogP contribution in [-0.2, 0) is 12.8 Å². The van der Waals surface area contributed by atoms with E-state index in [0.29, 0.717) is 6.42 Å². The zero-order chi connectivity index (χ0) is 15.1. The van der Waals surface area contributed by atoms with Gasteiger partial charge < -0.3 is 9.84 Å². The summed E-state index contributed by atoms with van der Waals surface area (Å²) in [6, 6.07) is 16.2. The highest BCUT2D eigenvalue weighted by atomic mass is 16.5. The van der Waals surface area contributed by atoms with Gasteiger partial charge in [-0.3, -0.25) is 0 Å².